The molecule has 1 N–H and O–H groups in total. The Labute approximate surface area is 130 Å². The van der Waals surface area contributed by atoms with Crippen LogP contribution in [-0.2, 0) is 9.47 Å². The van der Waals surface area contributed by atoms with E-state index in [0.717, 1.165) is 31.3 Å². The SMILES string of the molecule is CCCNC1CC2CCC(C1)N2CCCCOCCOC. The number of fused-ring (bicyclic) bond motifs is 2. The summed E-state index contributed by atoms with van der Waals surface area (Å²) in [6, 6.07) is 2.45. The molecule has 2 aliphatic heterocycles. The monoisotopic (exact) mass is 298 g/mol. The zero-order chi connectivity index (χ0) is 14.9. The first-order valence-electron chi connectivity index (χ1n) is 8.91. The summed E-state index contributed by atoms with van der Waals surface area (Å²) in [7, 11) is 1.72. The van der Waals surface area contributed by atoms with E-state index in [0.29, 0.717) is 6.61 Å². The van der Waals surface area contributed by atoms with Crippen molar-refractivity contribution >= 4 is 0 Å². The van der Waals surface area contributed by atoms with Crippen LogP contribution >= 0.6 is 0 Å². The van der Waals surface area contributed by atoms with Crippen molar-refractivity contribution in [3.8, 4) is 0 Å². The minimum absolute atomic E-state index is 0.711. The van der Waals surface area contributed by atoms with E-state index in [4.69, 9.17) is 9.47 Å². The molecule has 21 heavy (non-hydrogen) atoms. The summed E-state index contributed by atoms with van der Waals surface area (Å²) in [4.78, 5) is 2.79. The van der Waals surface area contributed by atoms with E-state index in [9.17, 15) is 0 Å². The Morgan fingerprint density at radius 1 is 1.05 bits per heavy atom. The van der Waals surface area contributed by atoms with Crippen molar-refractivity contribution in [3.63, 3.8) is 0 Å². The average molecular weight is 298 g/mol. The molecule has 2 saturated heterocycles. The predicted octanol–water partition coefficient (Wildman–Crippen LogP) is 2.42. The number of hydrogen-bond donors (Lipinski definition) is 1. The Balaban J connectivity index is 1.58. The standard InChI is InChI=1S/C17H34N2O2/c1-3-8-18-15-13-16-6-7-17(14-15)19(16)9-4-5-10-21-12-11-20-2/h15-18H,3-14H2,1-2H3. The highest BCUT2D eigenvalue weighted by Gasteiger charge is 2.39. The smallest absolute Gasteiger partial charge is 0.0700 e. The molecule has 2 bridgehead atoms. The largest absolute Gasteiger partial charge is 0.382 e. The predicted molar refractivity (Wildman–Crippen MR) is 86.8 cm³/mol. The molecular formula is C17H34N2O2. The van der Waals surface area contributed by atoms with Crippen molar-refractivity contribution in [2.24, 2.45) is 0 Å². The molecule has 2 heterocycles. The van der Waals surface area contributed by atoms with Crippen LogP contribution in [0.2, 0.25) is 0 Å². The zero-order valence-electron chi connectivity index (χ0n) is 14.0. The molecule has 0 aliphatic carbocycles. The highest BCUT2D eigenvalue weighted by Crippen LogP contribution is 2.35. The van der Waals surface area contributed by atoms with Gasteiger partial charge in [0.05, 0.1) is 13.2 Å². The summed E-state index contributed by atoms with van der Waals surface area (Å²) in [5.41, 5.74) is 0. The summed E-state index contributed by atoms with van der Waals surface area (Å²) >= 11 is 0. The molecule has 4 nitrogen and oxygen atoms in total. The lowest BCUT2D eigenvalue weighted by Crippen LogP contribution is -2.49. The summed E-state index contributed by atoms with van der Waals surface area (Å²) in [5.74, 6) is 0. The van der Waals surface area contributed by atoms with Gasteiger partial charge in [0, 0.05) is 31.8 Å². The normalized spacial score (nSPS) is 29.1. The Kier molecular flexibility index (Phi) is 8.01. The molecule has 0 aromatic carbocycles. The number of unbranched alkanes of at least 4 members (excludes halogenated alkanes) is 1. The van der Waals surface area contributed by atoms with Gasteiger partial charge in [-0.15, -0.1) is 0 Å². The maximum absolute atomic E-state index is 5.54. The third-order valence-electron chi connectivity index (χ3n) is 4.95. The minimum atomic E-state index is 0.711. The van der Waals surface area contributed by atoms with Gasteiger partial charge in [-0.1, -0.05) is 6.92 Å². The zero-order valence-corrected chi connectivity index (χ0v) is 14.0. The van der Waals surface area contributed by atoms with Gasteiger partial charge in [-0.2, -0.15) is 0 Å². The molecule has 2 fully saturated rings. The molecule has 2 rings (SSSR count). The number of methoxy groups -OCH3 is 1. The highest BCUT2D eigenvalue weighted by atomic mass is 16.5. The lowest BCUT2D eigenvalue weighted by atomic mass is 9.97. The highest BCUT2D eigenvalue weighted by molar-refractivity contribution is 4.97. The first kappa shape index (κ1) is 17.2. The third-order valence-corrected chi connectivity index (χ3v) is 4.95. The van der Waals surface area contributed by atoms with Crippen molar-refractivity contribution < 1.29 is 9.47 Å². The Hall–Kier alpha value is -0.160. The van der Waals surface area contributed by atoms with Gasteiger partial charge in [-0.25, -0.2) is 0 Å². The van der Waals surface area contributed by atoms with Crippen LogP contribution in [0.25, 0.3) is 0 Å². The number of nitrogens with zero attached hydrogens (tertiary/aromatic N) is 1. The van der Waals surface area contributed by atoms with Gasteiger partial charge in [-0.05, 0) is 58.0 Å². The molecule has 124 valence electrons. The van der Waals surface area contributed by atoms with Crippen LogP contribution in [0.4, 0.5) is 0 Å². The van der Waals surface area contributed by atoms with E-state index < -0.39 is 0 Å². The Morgan fingerprint density at radius 3 is 2.48 bits per heavy atom. The molecule has 0 aromatic heterocycles. The van der Waals surface area contributed by atoms with Crippen LogP contribution in [0.5, 0.6) is 0 Å². The Bertz CT molecular complexity index is 262. The molecule has 0 spiro atoms. The van der Waals surface area contributed by atoms with Crippen LogP contribution in [0.15, 0.2) is 0 Å². The number of nitrogens with one attached hydrogen (secondary N) is 1. The fourth-order valence-corrected chi connectivity index (χ4v) is 3.90. The van der Waals surface area contributed by atoms with Gasteiger partial charge >= 0.3 is 0 Å². The van der Waals surface area contributed by atoms with Gasteiger partial charge in [0.25, 0.3) is 0 Å². The van der Waals surface area contributed by atoms with Crippen LogP contribution in [0.1, 0.15) is 51.9 Å². The minimum Gasteiger partial charge on any atom is -0.382 e. The molecule has 4 heteroatoms. The van der Waals surface area contributed by atoms with Gasteiger partial charge in [-0.3, -0.25) is 4.90 Å². The lowest BCUT2D eigenvalue weighted by molar-refractivity contribution is 0.0642. The number of rotatable bonds is 11. The fraction of sp³-hybridized carbons (Fsp3) is 1.00. The van der Waals surface area contributed by atoms with E-state index in [2.05, 4.69) is 17.1 Å². The summed E-state index contributed by atoms with van der Waals surface area (Å²) in [6.07, 6.45) is 9.25. The van der Waals surface area contributed by atoms with Crippen LogP contribution < -0.4 is 5.32 Å². The number of ether oxygens (including phenoxy) is 2. The summed E-state index contributed by atoms with van der Waals surface area (Å²) in [5, 5.41) is 3.73. The van der Waals surface area contributed by atoms with E-state index in [1.807, 2.05) is 0 Å². The number of piperidine rings is 1. The van der Waals surface area contributed by atoms with E-state index in [1.54, 1.807) is 7.11 Å². The molecule has 0 amide bonds. The second-order valence-corrected chi connectivity index (χ2v) is 6.56. The topological polar surface area (TPSA) is 33.7 Å². The van der Waals surface area contributed by atoms with E-state index in [1.165, 1.54) is 58.0 Å². The Morgan fingerprint density at radius 2 is 1.81 bits per heavy atom. The second kappa shape index (κ2) is 9.78. The third kappa shape index (κ3) is 5.51. The molecule has 0 aromatic rings. The maximum atomic E-state index is 5.54. The van der Waals surface area contributed by atoms with E-state index in [-0.39, 0.29) is 0 Å². The molecule has 0 radical (unpaired) electrons. The average Bonchev–Trinajstić information content (AvgIpc) is 2.73. The van der Waals surface area contributed by atoms with Crippen molar-refractivity contribution in [2.45, 2.75) is 70.0 Å². The van der Waals surface area contributed by atoms with Crippen molar-refractivity contribution in [1.82, 2.24) is 10.2 Å². The quantitative estimate of drug-likeness (QED) is 0.594. The van der Waals surface area contributed by atoms with Crippen molar-refractivity contribution in [2.75, 3.05) is 40.0 Å². The molecule has 2 aliphatic rings. The first-order valence-corrected chi connectivity index (χ1v) is 8.91. The maximum Gasteiger partial charge on any atom is 0.0700 e. The van der Waals surface area contributed by atoms with Gasteiger partial charge in [0.1, 0.15) is 0 Å². The molecule has 2 atom stereocenters. The molecular weight excluding hydrogens is 264 g/mol. The molecule has 0 saturated carbocycles. The van der Waals surface area contributed by atoms with Crippen LogP contribution in [-0.4, -0.2) is 63.0 Å². The van der Waals surface area contributed by atoms with Crippen LogP contribution in [0, 0.1) is 0 Å². The lowest BCUT2D eigenvalue weighted by Gasteiger charge is -2.39. The van der Waals surface area contributed by atoms with Gasteiger partial charge in [0.2, 0.25) is 0 Å². The summed E-state index contributed by atoms with van der Waals surface area (Å²) < 4.78 is 10.5. The second-order valence-electron chi connectivity index (χ2n) is 6.56. The fourth-order valence-electron chi connectivity index (χ4n) is 3.90. The van der Waals surface area contributed by atoms with Crippen molar-refractivity contribution in [3.05, 3.63) is 0 Å². The van der Waals surface area contributed by atoms with Gasteiger partial charge in [0.15, 0.2) is 0 Å². The number of hydrogen-bond acceptors (Lipinski definition) is 4. The van der Waals surface area contributed by atoms with E-state index >= 15 is 0 Å². The van der Waals surface area contributed by atoms with Gasteiger partial charge < -0.3 is 14.8 Å². The first-order chi connectivity index (χ1) is 10.3. The van der Waals surface area contributed by atoms with Crippen LogP contribution in [0.3, 0.4) is 0 Å². The molecule has 2 unspecified atom stereocenters. The van der Waals surface area contributed by atoms with Crippen molar-refractivity contribution in [1.29, 1.82) is 0 Å². The summed E-state index contributed by atoms with van der Waals surface area (Å²) in [6.45, 7) is 7.03.